The molecule has 35 heavy (non-hydrogen) atoms. The van der Waals surface area contributed by atoms with Gasteiger partial charge in [-0.15, -0.1) is 0 Å². The Morgan fingerprint density at radius 1 is 1.06 bits per heavy atom. The zero-order valence-electron chi connectivity index (χ0n) is 22.5. The molecule has 1 aromatic heterocycles. The van der Waals surface area contributed by atoms with Gasteiger partial charge >= 0.3 is 0 Å². The molecule has 6 heteroatoms. The van der Waals surface area contributed by atoms with Crippen molar-refractivity contribution in [3.63, 3.8) is 0 Å². The van der Waals surface area contributed by atoms with Crippen molar-refractivity contribution in [3.05, 3.63) is 40.3 Å². The number of nitrogens with zero attached hydrogens (tertiary/aromatic N) is 3. The van der Waals surface area contributed by atoms with Gasteiger partial charge in [0.25, 0.3) is 0 Å². The van der Waals surface area contributed by atoms with Crippen molar-refractivity contribution in [2.45, 2.75) is 73.3 Å². The highest BCUT2D eigenvalue weighted by atomic mass is 16.4. The van der Waals surface area contributed by atoms with Gasteiger partial charge in [0.05, 0.1) is 5.69 Å². The number of likely N-dealkylation sites (tertiary alicyclic amines) is 2. The first-order valence-corrected chi connectivity index (χ1v) is 13.6. The highest BCUT2D eigenvalue weighted by molar-refractivity contribution is 5.78. The molecule has 1 atom stereocenters. The van der Waals surface area contributed by atoms with Gasteiger partial charge in [-0.25, -0.2) is 4.98 Å². The Labute approximate surface area is 211 Å². The van der Waals surface area contributed by atoms with E-state index in [0.717, 1.165) is 80.8 Å². The summed E-state index contributed by atoms with van der Waals surface area (Å²) < 4.78 is 6.10. The highest BCUT2D eigenvalue weighted by Gasteiger charge is 2.26. The molecule has 3 heterocycles. The summed E-state index contributed by atoms with van der Waals surface area (Å²) in [5.41, 5.74) is 5.78. The molecule has 0 aliphatic carbocycles. The molecule has 4 rings (SSSR count). The lowest BCUT2D eigenvalue weighted by Crippen LogP contribution is -2.41. The summed E-state index contributed by atoms with van der Waals surface area (Å²) in [6, 6.07) is 4.37. The minimum atomic E-state index is 0.132. The number of amides is 1. The minimum absolute atomic E-state index is 0.132. The molecule has 1 amide bonds. The second-order valence-electron chi connectivity index (χ2n) is 11.0. The number of aromatic nitrogens is 1. The van der Waals surface area contributed by atoms with Crippen molar-refractivity contribution in [2.75, 3.05) is 39.3 Å². The first-order chi connectivity index (χ1) is 16.8. The van der Waals surface area contributed by atoms with Crippen LogP contribution >= 0.6 is 0 Å². The summed E-state index contributed by atoms with van der Waals surface area (Å²) in [4.78, 5) is 22.5. The number of aryl methyl sites for hydroxylation is 4. The number of hydrogen-bond donors (Lipinski definition) is 1. The number of oxazole rings is 1. The van der Waals surface area contributed by atoms with Crippen molar-refractivity contribution in [3.8, 4) is 11.5 Å². The first-order valence-electron chi connectivity index (χ1n) is 13.6. The third kappa shape index (κ3) is 6.73. The third-order valence-electron chi connectivity index (χ3n) is 7.81. The van der Waals surface area contributed by atoms with Gasteiger partial charge in [-0.2, -0.15) is 0 Å². The average Bonchev–Trinajstić information content (AvgIpc) is 3.16. The van der Waals surface area contributed by atoms with Crippen LogP contribution < -0.4 is 5.32 Å². The van der Waals surface area contributed by atoms with Crippen molar-refractivity contribution in [1.29, 1.82) is 0 Å². The SMILES string of the molecule is Cc1cc(C)c(-c2nc(CN3CCC(C(=O)NCCCN4CCC[C@H](C)C4)CC3)c(C)o2)c(C)c1. The summed E-state index contributed by atoms with van der Waals surface area (Å²) in [5, 5.41) is 3.20. The number of carbonyl (C=O) groups is 1. The van der Waals surface area contributed by atoms with E-state index in [1.54, 1.807) is 0 Å². The lowest BCUT2D eigenvalue weighted by molar-refractivity contribution is -0.126. The second kappa shape index (κ2) is 11.7. The van der Waals surface area contributed by atoms with Crippen LogP contribution in [0.4, 0.5) is 0 Å². The standard InChI is InChI=1S/C29H44N4O2/c1-20-8-6-12-32(18-20)13-7-11-30-28(34)25-9-14-33(15-10-25)19-26-24(5)35-29(31-26)27-22(3)16-21(2)17-23(27)4/h16-17,20,25H,6-15,18-19H2,1-5H3,(H,30,34)/t20-/m0/s1. The zero-order valence-corrected chi connectivity index (χ0v) is 22.5. The summed E-state index contributed by atoms with van der Waals surface area (Å²) in [6.07, 6.45) is 5.54. The molecule has 6 nitrogen and oxygen atoms in total. The fourth-order valence-electron chi connectivity index (χ4n) is 5.91. The van der Waals surface area contributed by atoms with Gasteiger partial charge in [-0.1, -0.05) is 24.6 Å². The number of benzene rings is 1. The largest absolute Gasteiger partial charge is 0.441 e. The lowest BCUT2D eigenvalue weighted by atomic mass is 9.95. The molecule has 1 aromatic carbocycles. The van der Waals surface area contributed by atoms with Gasteiger partial charge in [0.1, 0.15) is 5.76 Å². The third-order valence-corrected chi connectivity index (χ3v) is 7.81. The molecular weight excluding hydrogens is 436 g/mol. The van der Waals surface area contributed by atoms with Crippen LogP contribution in [0.2, 0.25) is 0 Å². The van der Waals surface area contributed by atoms with Crippen LogP contribution in [0.1, 0.15) is 67.2 Å². The maximum absolute atomic E-state index is 12.7. The molecule has 2 aliphatic rings. The van der Waals surface area contributed by atoms with Crippen LogP contribution in [-0.4, -0.2) is 60.0 Å². The van der Waals surface area contributed by atoms with Crippen molar-refractivity contribution in [2.24, 2.45) is 11.8 Å². The van der Waals surface area contributed by atoms with Gasteiger partial charge in [0.15, 0.2) is 0 Å². The first kappa shape index (κ1) is 25.9. The van der Waals surface area contributed by atoms with Gasteiger partial charge in [-0.05, 0) is 103 Å². The van der Waals surface area contributed by atoms with Crippen LogP contribution in [-0.2, 0) is 11.3 Å². The molecule has 2 aliphatic heterocycles. The van der Waals surface area contributed by atoms with Gasteiger partial charge in [0.2, 0.25) is 11.8 Å². The molecule has 2 aromatic rings. The van der Waals surface area contributed by atoms with Crippen LogP contribution in [0, 0.1) is 39.5 Å². The predicted octanol–water partition coefficient (Wildman–Crippen LogP) is 5.03. The van der Waals surface area contributed by atoms with E-state index in [2.05, 4.69) is 54.9 Å². The Morgan fingerprint density at radius 3 is 2.46 bits per heavy atom. The normalized spacial score (nSPS) is 20.3. The van der Waals surface area contributed by atoms with E-state index < -0.39 is 0 Å². The number of piperidine rings is 2. The number of nitrogens with one attached hydrogen (secondary N) is 1. The Hall–Kier alpha value is -2.18. The Bertz CT molecular complexity index is 983. The summed E-state index contributed by atoms with van der Waals surface area (Å²) >= 11 is 0. The quantitative estimate of drug-likeness (QED) is 0.537. The zero-order chi connectivity index (χ0) is 24.9. The topological polar surface area (TPSA) is 61.6 Å². The Kier molecular flexibility index (Phi) is 8.66. The van der Waals surface area contributed by atoms with E-state index in [1.165, 1.54) is 42.6 Å². The highest BCUT2D eigenvalue weighted by Crippen LogP contribution is 2.30. The van der Waals surface area contributed by atoms with E-state index >= 15 is 0 Å². The molecule has 0 saturated carbocycles. The molecule has 1 N–H and O–H groups in total. The molecule has 0 unspecified atom stereocenters. The lowest BCUT2D eigenvalue weighted by Gasteiger charge is -2.31. The fourth-order valence-corrected chi connectivity index (χ4v) is 5.91. The van der Waals surface area contributed by atoms with Crippen molar-refractivity contribution < 1.29 is 9.21 Å². The van der Waals surface area contributed by atoms with Crippen LogP contribution in [0.15, 0.2) is 16.5 Å². The van der Waals surface area contributed by atoms with Crippen LogP contribution in [0.5, 0.6) is 0 Å². The maximum Gasteiger partial charge on any atom is 0.227 e. The number of carbonyl (C=O) groups excluding carboxylic acids is 1. The average molecular weight is 481 g/mol. The van der Waals surface area contributed by atoms with Crippen LogP contribution in [0.25, 0.3) is 11.5 Å². The van der Waals surface area contributed by atoms with E-state index in [-0.39, 0.29) is 11.8 Å². The molecule has 192 valence electrons. The summed E-state index contributed by atoms with van der Waals surface area (Å²) in [5.74, 6) is 2.80. The smallest absolute Gasteiger partial charge is 0.227 e. The van der Waals surface area contributed by atoms with Gasteiger partial charge in [-0.3, -0.25) is 9.69 Å². The van der Waals surface area contributed by atoms with Crippen molar-refractivity contribution in [1.82, 2.24) is 20.1 Å². The molecule has 0 radical (unpaired) electrons. The Balaban J connectivity index is 1.22. The molecular formula is C29H44N4O2. The van der Waals surface area contributed by atoms with E-state index in [9.17, 15) is 4.79 Å². The predicted molar refractivity (Wildman–Crippen MR) is 141 cm³/mol. The molecule has 0 spiro atoms. The summed E-state index contributed by atoms with van der Waals surface area (Å²) in [7, 11) is 0. The molecule has 2 saturated heterocycles. The number of hydrogen-bond acceptors (Lipinski definition) is 5. The maximum atomic E-state index is 12.7. The minimum Gasteiger partial charge on any atom is -0.441 e. The van der Waals surface area contributed by atoms with E-state index in [4.69, 9.17) is 9.40 Å². The van der Waals surface area contributed by atoms with Crippen LogP contribution in [0.3, 0.4) is 0 Å². The van der Waals surface area contributed by atoms with E-state index in [0.29, 0.717) is 0 Å². The fraction of sp³-hybridized carbons (Fsp3) is 0.655. The van der Waals surface area contributed by atoms with Crippen molar-refractivity contribution >= 4 is 5.91 Å². The molecule has 2 fully saturated rings. The monoisotopic (exact) mass is 480 g/mol. The summed E-state index contributed by atoms with van der Waals surface area (Å²) in [6.45, 7) is 17.7. The Morgan fingerprint density at radius 2 is 1.77 bits per heavy atom. The van der Waals surface area contributed by atoms with Gasteiger partial charge < -0.3 is 14.6 Å². The number of rotatable bonds is 8. The van der Waals surface area contributed by atoms with E-state index in [1.807, 2.05) is 6.92 Å². The van der Waals surface area contributed by atoms with Gasteiger partial charge in [0, 0.05) is 31.1 Å². The molecule has 0 bridgehead atoms. The second-order valence-corrected chi connectivity index (χ2v) is 11.0.